The smallest absolute Gasteiger partial charge is 0.295 e. The fourth-order valence-corrected chi connectivity index (χ4v) is 2.49. The zero-order valence-electron chi connectivity index (χ0n) is 10.6. The van der Waals surface area contributed by atoms with Crippen LogP contribution in [0.1, 0.15) is 20.3 Å². The average Bonchev–Trinajstić information content (AvgIpc) is 2.69. The van der Waals surface area contributed by atoms with E-state index < -0.39 is 10.6 Å². The van der Waals surface area contributed by atoms with Crippen molar-refractivity contribution in [2.24, 2.45) is 0 Å². The number of hydrogen-bond donors (Lipinski definition) is 1. The molecule has 1 amide bonds. The molecular formula is C12H17N3O3. The molecule has 2 rings (SSSR count). The van der Waals surface area contributed by atoms with E-state index in [1.807, 2.05) is 6.08 Å². The van der Waals surface area contributed by atoms with Gasteiger partial charge in [-0.3, -0.25) is 25.1 Å². The van der Waals surface area contributed by atoms with E-state index >= 15 is 0 Å². The molecule has 0 bridgehead atoms. The fourth-order valence-electron chi connectivity index (χ4n) is 2.49. The third kappa shape index (κ3) is 2.15. The zero-order chi connectivity index (χ0) is 13.3. The number of carbonyl (C=O) groups is 1. The minimum Gasteiger partial charge on any atom is -0.295 e. The number of rotatable bonds is 3. The molecule has 1 saturated heterocycles. The van der Waals surface area contributed by atoms with Gasteiger partial charge < -0.3 is 0 Å². The first kappa shape index (κ1) is 12.8. The third-order valence-corrected chi connectivity index (χ3v) is 3.44. The van der Waals surface area contributed by atoms with Crippen LogP contribution in [0.25, 0.3) is 0 Å². The highest BCUT2D eigenvalue weighted by Gasteiger charge is 2.44. The van der Waals surface area contributed by atoms with E-state index in [1.165, 1.54) is 6.92 Å². The molecule has 1 aliphatic heterocycles. The summed E-state index contributed by atoms with van der Waals surface area (Å²) in [6, 6.07) is 0. The Morgan fingerprint density at radius 2 is 2.22 bits per heavy atom. The van der Waals surface area contributed by atoms with E-state index in [1.54, 1.807) is 6.08 Å². The van der Waals surface area contributed by atoms with Crippen molar-refractivity contribution in [3.8, 4) is 0 Å². The quantitative estimate of drug-likeness (QED) is 0.455. The first-order valence-corrected chi connectivity index (χ1v) is 6.03. The predicted octanol–water partition coefficient (Wildman–Crippen LogP) is 0.688. The normalized spacial score (nSPS) is 27.2. The molecule has 0 aromatic heterocycles. The van der Waals surface area contributed by atoms with Gasteiger partial charge in [-0.05, 0) is 17.7 Å². The number of likely N-dealkylation sites (N-methyl/N-ethyl adjacent to an activating group) is 1. The maximum Gasteiger partial charge on any atom is 0.319 e. The Kier molecular flexibility index (Phi) is 3.21. The lowest BCUT2D eigenvalue weighted by molar-refractivity contribution is -0.559. The van der Waals surface area contributed by atoms with Crippen molar-refractivity contribution in [3.05, 3.63) is 33.4 Å². The number of amides is 1. The lowest BCUT2D eigenvalue weighted by Gasteiger charge is -2.25. The van der Waals surface area contributed by atoms with Gasteiger partial charge in [-0.25, -0.2) is 0 Å². The Labute approximate surface area is 105 Å². The molecule has 1 unspecified atom stereocenters. The molecule has 1 fully saturated rings. The van der Waals surface area contributed by atoms with Crippen LogP contribution in [0.5, 0.6) is 0 Å². The van der Waals surface area contributed by atoms with Crippen molar-refractivity contribution in [2.45, 2.75) is 25.9 Å². The van der Waals surface area contributed by atoms with Crippen molar-refractivity contribution < 1.29 is 9.72 Å². The molecule has 1 atom stereocenters. The van der Waals surface area contributed by atoms with E-state index in [0.717, 1.165) is 30.8 Å². The number of carbonyl (C=O) groups excluding carboxylic acids is 1. The van der Waals surface area contributed by atoms with E-state index in [4.69, 9.17) is 0 Å². The summed E-state index contributed by atoms with van der Waals surface area (Å²) in [5.41, 5.74) is 0.655. The van der Waals surface area contributed by atoms with Gasteiger partial charge in [0.2, 0.25) is 5.91 Å². The molecule has 0 aromatic rings. The second-order valence-electron chi connectivity index (χ2n) is 4.77. The molecule has 0 radical (unpaired) electrons. The highest BCUT2D eigenvalue weighted by molar-refractivity contribution is 5.74. The van der Waals surface area contributed by atoms with Gasteiger partial charge in [0.25, 0.3) is 0 Å². The molecule has 1 N–H and O–H groups in total. The molecule has 1 heterocycles. The Hall–Kier alpha value is -1.69. The monoisotopic (exact) mass is 251 g/mol. The SMILES string of the molecule is CCN1CC2=CCC(NC(C)=O)([N+](=O)[O-])C=C2C1. The van der Waals surface area contributed by atoms with Crippen molar-refractivity contribution in [1.82, 2.24) is 10.2 Å². The molecule has 98 valence electrons. The van der Waals surface area contributed by atoms with Crippen LogP contribution in [0.15, 0.2) is 23.3 Å². The highest BCUT2D eigenvalue weighted by atomic mass is 16.6. The lowest BCUT2D eigenvalue weighted by Crippen LogP contribution is -2.53. The van der Waals surface area contributed by atoms with E-state index in [0.29, 0.717) is 0 Å². The Morgan fingerprint density at radius 3 is 2.78 bits per heavy atom. The molecular weight excluding hydrogens is 234 g/mol. The molecule has 18 heavy (non-hydrogen) atoms. The van der Waals surface area contributed by atoms with E-state index in [9.17, 15) is 14.9 Å². The second-order valence-corrected chi connectivity index (χ2v) is 4.77. The summed E-state index contributed by atoms with van der Waals surface area (Å²) in [5.74, 6) is -0.384. The topological polar surface area (TPSA) is 75.5 Å². The van der Waals surface area contributed by atoms with Crippen LogP contribution in [0, 0.1) is 10.1 Å². The van der Waals surface area contributed by atoms with Crippen LogP contribution in [0.3, 0.4) is 0 Å². The van der Waals surface area contributed by atoms with Gasteiger partial charge in [0.15, 0.2) is 0 Å². The van der Waals surface area contributed by atoms with Crippen molar-refractivity contribution in [3.63, 3.8) is 0 Å². The van der Waals surface area contributed by atoms with Gasteiger partial charge in [-0.1, -0.05) is 13.0 Å². The zero-order valence-corrected chi connectivity index (χ0v) is 10.6. The molecule has 6 nitrogen and oxygen atoms in total. The number of nitro groups is 1. The minimum absolute atomic E-state index is 0.218. The predicted molar refractivity (Wildman–Crippen MR) is 66.4 cm³/mol. The van der Waals surface area contributed by atoms with Gasteiger partial charge in [0.1, 0.15) is 0 Å². The summed E-state index contributed by atoms with van der Waals surface area (Å²) in [4.78, 5) is 24.2. The summed E-state index contributed by atoms with van der Waals surface area (Å²) in [6.07, 6.45) is 3.71. The standard InChI is InChI=1S/C12H17N3O3/c1-3-14-7-10-4-5-12(15(17)18,13-9(2)16)6-11(10)8-14/h4,6H,3,5,7-8H2,1-2H3,(H,13,16). The maximum absolute atomic E-state index is 11.3. The molecule has 1 aliphatic carbocycles. The van der Waals surface area contributed by atoms with Gasteiger partial charge in [-0.2, -0.15) is 0 Å². The van der Waals surface area contributed by atoms with Crippen LogP contribution >= 0.6 is 0 Å². The summed E-state index contributed by atoms with van der Waals surface area (Å²) in [7, 11) is 0. The highest BCUT2D eigenvalue weighted by Crippen LogP contribution is 2.31. The Bertz CT molecular complexity index is 455. The third-order valence-electron chi connectivity index (χ3n) is 3.44. The van der Waals surface area contributed by atoms with Gasteiger partial charge >= 0.3 is 5.66 Å². The summed E-state index contributed by atoms with van der Waals surface area (Å²) < 4.78 is 0. The van der Waals surface area contributed by atoms with Gasteiger partial charge in [0.05, 0.1) is 11.3 Å². The molecule has 6 heteroatoms. The first-order valence-electron chi connectivity index (χ1n) is 6.03. The van der Waals surface area contributed by atoms with E-state index in [-0.39, 0.29) is 12.3 Å². The molecule has 0 aromatic carbocycles. The largest absolute Gasteiger partial charge is 0.319 e. The van der Waals surface area contributed by atoms with Crippen LogP contribution in [-0.2, 0) is 4.79 Å². The first-order chi connectivity index (χ1) is 8.47. The molecule has 2 aliphatic rings. The van der Waals surface area contributed by atoms with Gasteiger partial charge in [0, 0.05) is 26.1 Å². The number of nitrogens with zero attached hydrogens (tertiary/aromatic N) is 2. The van der Waals surface area contributed by atoms with Crippen molar-refractivity contribution in [1.29, 1.82) is 0 Å². The van der Waals surface area contributed by atoms with Crippen LogP contribution in [-0.4, -0.2) is 41.0 Å². The summed E-state index contributed by atoms with van der Waals surface area (Å²) in [6.45, 7) is 5.84. The molecule has 0 spiro atoms. The summed E-state index contributed by atoms with van der Waals surface area (Å²) >= 11 is 0. The molecule has 0 saturated carbocycles. The lowest BCUT2D eigenvalue weighted by atomic mass is 9.92. The number of fused-ring (bicyclic) bond motifs is 1. The summed E-state index contributed by atoms with van der Waals surface area (Å²) in [5, 5.41) is 13.7. The van der Waals surface area contributed by atoms with Crippen LogP contribution in [0.4, 0.5) is 0 Å². The Morgan fingerprint density at radius 1 is 1.56 bits per heavy atom. The fraction of sp³-hybridized carbons (Fsp3) is 0.583. The number of likely N-dealkylation sites (tertiary alicyclic amines) is 1. The Balaban J connectivity index is 2.30. The van der Waals surface area contributed by atoms with Crippen molar-refractivity contribution >= 4 is 5.91 Å². The van der Waals surface area contributed by atoms with Gasteiger partial charge in [-0.15, -0.1) is 0 Å². The van der Waals surface area contributed by atoms with Crippen LogP contribution in [0.2, 0.25) is 0 Å². The van der Waals surface area contributed by atoms with Crippen molar-refractivity contribution in [2.75, 3.05) is 19.6 Å². The minimum atomic E-state index is -1.46. The second kappa shape index (κ2) is 4.53. The average molecular weight is 251 g/mol. The number of nitrogens with one attached hydrogen (secondary N) is 1. The van der Waals surface area contributed by atoms with E-state index in [2.05, 4.69) is 17.1 Å². The number of hydrogen-bond acceptors (Lipinski definition) is 4. The maximum atomic E-state index is 11.3. The van der Waals surface area contributed by atoms with Crippen LogP contribution < -0.4 is 5.32 Å².